The van der Waals surface area contributed by atoms with E-state index in [9.17, 15) is 0 Å². The summed E-state index contributed by atoms with van der Waals surface area (Å²) >= 11 is 0. The summed E-state index contributed by atoms with van der Waals surface area (Å²) in [6.07, 6.45) is 5.22. The van der Waals surface area contributed by atoms with Crippen molar-refractivity contribution in [3.63, 3.8) is 0 Å². The lowest BCUT2D eigenvalue weighted by Gasteiger charge is -2.18. The van der Waals surface area contributed by atoms with Crippen molar-refractivity contribution < 1.29 is 0 Å². The van der Waals surface area contributed by atoms with Crippen LogP contribution < -0.4 is 0 Å². The van der Waals surface area contributed by atoms with Crippen molar-refractivity contribution in [1.82, 2.24) is 4.57 Å². The molecule has 1 heteroatoms. The van der Waals surface area contributed by atoms with Crippen molar-refractivity contribution in [3.05, 3.63) is 66.0 Å². The number of fused-ring (bicyclic) bond motifs is 1. The van der Waals surface area contributed by atoms with Gasteiger partial charge >= 0.3 is 0 Å². The lowest BCUT2D eigenvalue weighted by molar-refractivity contribution is 1.09. The van der Waals surface area contributed by atoms with Crippen molar-refractivity contribution >= 4 is 17.3 Å². The van der Waals surface area contributed by atoms with Gasteiger partial charge in [0.15, 0.2) is 0 Å². The molecule has 1 aliphatic rings. The van der Waals surface area contributed by atoms with Gasteiger partial charge in [0, 0.05) is 24.5 Å². The van der Waals surface area contributed by atoms with Gasteiger partial charge < -0.3 is 4.57 Å². The maximum absolute atomic E-state index is 4.16. The smallest absolute Gasteiger partial charge is 0.0479 e. The number of rotatable bonds is 1. The first-order valence-electron chi connectivity index (χ1n) is 6.87. The van der Waals surface area contributed by atoms with Crippen LogP contribution in [0.2, 0.25) is 0 Å². The molecule has 19 heavy (non-hydrogen) atoms. The molecule has 0 spiro atoms. The second kappa shape index (κ2) is 5.75. The monoisotopic (exact) mass is 251 g/mol. The van der Waals surface area contributed by atoms with Crippen LogP contribution >= 0.6 is 0 Å². The molecule has 0 N–H and O–H groups in total. The van der Waals surface area contributed by atoms with Crippen LogP contribution in [0.4, 0.5) is 0 Å². The topological polar surface area (TPSA) is 4.93 Å². The van der Waals surface area contributed by atoms with Gasteiger partial charge in [-0.3, -0.25) is 0 Å². The molecule has 0 radical (unpaired) electrons. The van der Waals surface area contributed by atoms with Gasteiger partial charge in [0.2, 0.25) is 0 Å². The second-order valence-corrected chi connectivity index (χ2v) is 4.60. The molecule has 1 aromatic carbocycles. The molecule has 0 aliphatic carbocycles. The molecule has 2 heterocycles. The number of aromatic nitrogens is 1. The summed E-state index contributed by atoms with van der Waals surface area (Å²) in [6.45, 7) is 10.3. The van der Waals surface area contributed by atoms with Crippen LogP contribution in [-0.4, -0.2) is 4.57 Å². The van der Waals surface area contributed by atoms with Crippen molar-refractivity contribution in [2.45, 2.75) is 27.2 Å². The Balaban J connectivity index is 0.000000637. The number of benzene rings is 1. The number of hydrogen-bond donors (Lipinski definition) is 0. The molecule has 3 rings (SSSR count). The van der Waals surface area contributed by atoms with Crippen LogP contribution in [-0.2, 0) is 0 Å². The Morgan fingerprint density at radius 2 is 1.89 bits per heavy atom. The normalized spacial score (nSPS) is 13.2. The first-order valence-corrected chi connectivity index (χ1v) is 6.87. The van der Waals surface area contributed by atoms with E-state index in [1.807, 2.05) is 13.8 Å². The largest absolute Gasteiger partial charge is 0.323 e. The van der Waals surface area contributed by atoms with Crippen LogP contribution in [0.1, 0.15) is 37.1 Å². The molecule has 1 aliphatic heterocycles. The van der Waals surface area contributed by atoms with Gasteiger partial charge in [-0.05, 0) is 35.8 Å². The van der Waals surface area contributed by atoms with E-state index in [0.717, 1.165) is 6.42 Å². The van der Waals surface area contributed by atoms with E-state index in [-0.39, 0.29) is 0 Å². The molecular weight excluding hydrogens is 230 g/mol. The van der Waals surface area contributed by atoms with Crippen LogP contribution in [0.5, 0.6) is 0 Å². The Kier molecular flexibility index (Phi) is 4.06. The predicted molar refractivity (Wildman–Crippen MR) is 84.8 cm³/mol. The summed E-state index contributed by atoms with van der Waals surface area (Å²) in [4.78, 5) is 0. The zero-order valence-corrected chi connectivity index (χ0v) is 12.0. The highest BCUT2D eigenvalue weighted by molar-refractivity contribution is 5.88. The van der Waals surface area contributed by atoms with Crippen molar-refractivity contribution in [3.8, 4) is 0 Å². The maximum Gasteiger partial charge on any atom is 0.0479 e. The minimum Gasteiger partial charge on any atom is -0.323 e. The average molecular weight is 251 g/mol. The van der Waals surface area contributed by atoms with E-state index in [2.05, 4.69) is 66.9 Å². The molecule has 0 bridgehead atoms. The van der Waals surface area contributed by atoms with Crippen LogP contribution in [0, 0.1) is 6.92 Å². The van der Waals surface area contributed by atoms with Crippen molar-refractivity contribution in [1.29, 1.82) is 0 Å². The molecule has 0 saturated carbocycles. The van der Waals surface area contributed by atoms with E-state index < -0.39 is 0 Å². The quantitative estimate of drug-likeness (QED) is 0.653. The molecule has 0 unspecified atom stereocenters. The summed E-state index contributed by atoms with van der Waals surface area (Å²) < 4.78 is 2.16. The van der Waals surface area contributed by atoms with Crippen LogP contribution in [0.3, 0.4) is 0 Å². The molecule has 0 fully saturated rings. The molecular formula is C18H21N. The summed E-state index contributed by atoms with van der Waals surface area (Å²) in [5.41, 5.74) is 6.34. The maximum atomic E-state index is 4.16. The number of allylic oxidation sites excluding steroid dienone is 2. The van der Waals surface area contributed by atoms with Gasteiger partial charge in [-0.2, -0.15) is 0 Å². The van der Waals surface area contributed by atoms with E-state index in [0.29, 0.717) is 0 Å². The first kappa shape index (κ1) is 13.4. The summed E-state index contributed by atoms with van der Waals surface area (Å²) in [7, 11) is 0. The van der Waals surface area contributed by atoms with Gasteiger partial charge in [0.25, 0.3) is 0 Å². The standard InChI is InChI=1S/C16H15N.C2H6/c1-12-5-3-6-14(9-12)15-10-13(2)16-7-4-8-17(16)11-15;1-2/h3-9,11H,2,10H2,1H3;1-2H3. The highest BCUT2D eigenvalue weighted by atomic mass is 15.0. The summed E-state index contributed by atoms with van der Waals surface area (Å²) in [5.74, 6) is 0. The van der Waals surface area contributed by atoms with Gasteiger partial charge in [-0.25, -0.2) is 0 Å². The van der Waals surface area contributed by atoms with E-state index in [1.165, 1.54) is 28.0 Å². The Morgan fingerprint density at radius 3 is 2.63 bits per heavy atom. The number of hydrogen-bond acceptors (Lipinski definition) is 0. The molecule has 98 valence electrons. The predicted octanol–water partition coefficient (Wildman–Crippen LogP) is 5.24. The van der Waals surface area contributed by atoms with Crippen molar-refractivity contribution in [2.75, 3.05) is 0 Å². The molecule has 0 saturated heterocycles. The minimum absolute atomic E-state index is 0.938. The van der Waals surface area contributed by atoms with Crippen LogP contribution in [0.25, 0.3) is 17.3 Å². The summed E-state index contributed by atoms with van der Waals surface area (Å²) in [5, 5.41) is 0. The Labute approximate surface area is 115 Å². The zero-order valence-electron chi connectivity index (χ0n) is 12.0. The van der Waals surface area contributed by atoms with Gasteiger partial charge in [-0.15, -0.1) is 0 Å². The second-order valence-electron chi connectivity index (χ2n) is 4.60. The summed E-state index contributed by atoms with van der Waals surface area (Å²) in [6, 6.07) is 12.8. The van der Waals surface area contributed by atoms with Gasteiger partial charge in [0.05, 0.1) is 0 Å². The lowest BCUT2D eigenvalue weighted by atomic mass is 9.95. The molecule has 2 aromatic rings. The minimum atomic E-state index is 0.938. The van der Waals surface area contributed by atoms with Crippen molar-refractivity contribution in [2.24, 2.45) is 0 Å². The SMILES string of the molecule is C=C1CC(c2cccc(C)c2)=Cn2cccc21.CC. The fourth-order valence-electron chi connectivity index (χ4n) is 2.36. The number of nitrogens with zero attached hydrogens (tertiary/aromatic N) is 1. The molecule has 0 atom stereocenters. The van der Waals surface area contributed by atoms with E-state index in [1.54, 1.807) is 0 Å². The third kappa shape index (κ3) is 2.70. The third-order valence-electron chi connectivity index (χ3n) is 3.23. The van der Waals surface area contributed by atoms with E-state index >= 15 is 0 Å². The average Bonchev–Trinajstić information content (AvgIpc) is 2.90. The highest BCUT2D eigenvalue weighted by Crippen LogP contribution is 2.33. The lowest BCUT2D eigenvalue weighted by Crippen LogP contribution is -2.01. The fourth-order valence-corrected chi connectivity index (χ4v) is 2.36. The number of aryl methyl sites for hydroxylation is 1. The highest BCUT2D eigenvalue weighted by Gasteiger charge is 2.14. The third-order valence-corrected chi connectivity index (χ3v) is 3.23. The zero-order chi connectivity index (χ0) is 13.8. The fraction of sp³-hybridized carbons (Fsp3) is 0.222. The molecule has 1 aromatic heterocycles. The Hall–Kier alpha value is -2.02. The van der Waals surface area contributed by atoms with Crippen LogP contribution in [0.15, 0.2) is 49.2 Å². The van der Waals surface area contributed by atoms with Gasteiger partial charge in [-0.1, -0.05) is 50.3 Å². The molecule has 0 amide bonds. The first-order chi connectivity index (χ1) is 9.24. The Morgan fingerprint density at radius 1 is 1.11 bits per heavy atom. The molecule has 1 nitrogen and oxygen atoms in total. The Bertz CT molecular complexity index is 614. The van der Waals surface area contributed by atoms with E-state index in [4.69, 9.17) is 0 Å². The van der Waals surface area contributed by atoms with Gasteiger partial charge in [0.1, 0.15) is 0 Å².